The van der Waals surface area contributed by atoms with Gasteiger partial charge in [0.1, 0.15) is 5.76 Å². The molecule has 7 nitrogen and oxygen atoms in total. The second kappa shape index (κ2) is 6.63. The van der Waals surface area contributed by atoms with E-state index in [0.717, 1.165) is 19.3 Å². The summed E-state index contributed by atoms with van der Waals surface area (Å²) in [5, 5.41) is 14.6. The first-order valence-corrected chi connectivity index (χ1v) is 8.83. The van der Waals surface area contributed by atoms with E-state index in [9.17, 15) is 4.79 Å². The van der Waals surface area contributed by atoms with Gasteiger partial charge in [0.05, 0.1) is 17.8 Å². The molecule has 0 saturated carbocycles. The van der Waals surface area contributed by atoms with Gasteiger partial charge in [0.2, 0.25) is 5.91 Å². The van der Waals surface area contributed by atoms with Crippen molar-refractivity contribution in [3.05, 3.63) is 29.3 Å². The number of aryl methyl sites for hydroxylation is 1. The zero-order valence-corrected chi connectivity index (χ0v) is 15.6. The van der Waals surface area contributed by atoms with E-state index in [0.29, 0.717) is 11.6 Å². The molecule has 2 N–H and O–H groups in total. The highest BCUT2D eigenvalue weighted by molar-refractivity contribution is 5.93. The molecule has 0 aliphatic heterocycles. The summed E-state index contributed by atoms with van der Waals surface area (Å²) < 4.78 is 7.09. The van der Waals surface area contributed by atoms with Gasteiger partial charge in [0.15, 0.2) is 5.82 Å². The van der Waals surface area contributed by atoms with E-state index in [-0.39, 0.29) is 23.5 Å². The zero-order valence-electron chi connectivity index (χ0n) is 15.6. The molecule has 136 valence electrons. The second-order valence-corrected chi connectivity index (χ2v) is 7.77. The van der Waals surface area contributed by atoms with Crippen LogP contribution in [0.2, 0.25) is 0 Å². The van der Waals surface area contributed by atoms with Gasteiger partial charge in [-0.15, -0.1) is 0 Å². The molecule has 2 heterocycles. The number of hydrogen-bond acceptors (Lipinski definition) is 5. The van der Waals surface area contributed by atoms with E-state index in [1.54, 1.807) is 13.0 Å². The number of nitrogens with zero attached hydrogens (tertiary/aromatic N) is 3. The van der Waals surface area contributed by atoms with Crippen LogP contribution in [0.1, 0.15) is 63.6 Å². The molecule has 0 aromatic carbocycles. The molecule has 2 aromatic rings. The molecular formula is C18H27N5O2. The Balaban J connectivity index is 1.70. The lowest BCUT2D eigenvalue weighted by molar-refractivity contribution is -0.118. The number of hydrogen-bond donors (Lipinski definition) is 2. The highest BCUT2D eigenvalue weighted by atomic mass is 16.5. The van der Waals surface area contributed by atoms with Crippen molar-refractivity contribution in [1.82, 2.24) is 20.3 Å². The number of fused-ring (bicyclic) bond motifs is 1. The molecule has 7 heteroatoms. The van der Waals surface area contributed by atoms with Crippen molar-refractivity contribution < 1.29 is 9.32 Å². The molecule has 0 spiro atoms. The summed E-state index contributed by atoms with van der Waals surface area (Å²) in [6, 6.07) is 1.50. The lowest BCUT2D eigenvalue weighted by atomic mass is 9.91. The smallest absolute Gasteiger partial charge is 0.242 e. The maximum absolute atomic E-state index is 12.4. The van der Waals surface area contributed by atoms with Crippen LogP contribution in [0.25, 0.3) is 0 Å². The van der Waals surface area contributed by atoms with Gasteiger partial charge in [-0.05, 0) is 53.9 Å². The molecule has 0 radical (unpaired) electrons. The molecule has 0 saturated heterocycles. The quantitative estimate of drug-likeness (QED) is 0.890. The van der Waals surface area contributed by atoms with E-state index < -0.39 is 0 Å². The minimum absolute atomic E-state index is 0.0384. The van der Waals surface area contributed by atoms with Crippen LogP contribution in [-0.4, -0.2) is 26.9 Å². The van der Waals surface area contributed by atoms with Crippen molar-refractivity contribution in [2.75, 3.05) is 5.32 Å². The third-order valence-corrected chi connectivity index (χ3v) is 4.54. The molecule has 3 rings (SSSR count). The van der Waals surface area contributed by atoms with E-state index >= 15 is 0 Å². The Morgan fingerprint density at radius 1 is 1.44 bits per heavy atom. The Morgan fingerprint density at radius 3 is 2.84 bits per heavy atom. The number of carbonyl (C=O) groups is 1. The van der Waals surface area contributed by atoms with Gasteiger partial charge in [-0.2, -0.15) is 5.10 Å². The Hall–Kier alpha value is -2.15. The topological polar surface area (TPSA) is 85.0 Å². The number of rotatable bonds is 4. The molecular weight excluding hydrogens is 318 g/mol. The molecule has 2 aromatic heterocycles. The Morgan fingerprint density at radius 2 is 2.20 bits per heavy atom. The van der Waals surface area contributed by atoms with Crippen LogP contribution in [-0.2, 0) is 16.8 Å². The van der Waals surface area contributed by atoms with Crippen molar-refractivity contribution in [1.29, 1.82) is 0 Å². The average molecular weight is 345 g/mol. The number of amides is 1. The van der Waals surface area contributed by atoms with E-state index in [2.05, 4.69) is 46.3 Å². The van der Waals surface area contributed by atoms with Crippen molar-refractivity contribution in [2.24, 2.45) is 0 Å². The summed E-state index contributed by atoms with van der Waals surface area (Å²) in [6.07, 6.45) is 5.07. The molecule has 0 fully saturated rings. The van der Waals surface area contributed by atoms with Gasteiger partial charge in [-0.3, -0.25) is 14.8 Å². The molecule has 25 heavy (non-hydrogen) atoms. The van der Waals surface area contributed by atoms with Crippen LogP contribution in [0.15, 0.2) is 16.8 Å². The predicted octanol–water partition coefficient (Wildman–Crippen LogP) is 2.93. The molecule has 1 amide bonds. The lowest BCUT2D eigenvalue weighted by Gasteiger charge is -2.29. The summed E-state index contributed by atoms with van der Waals surface area (Å²) in [5.41, 5.74) is 2.44. The summed E-state index contributed by atoms with van der Waals surface area (Å²) in [5.74, 6) is 0.993. The maximum atomic E-state index is 12.4. The van der Waals surface area contributed by atoms with Crippen LogP contribution in [0.4, 0.5) is 5.82 Å². The fraction of sp³-hybridized carbons (Fsp3) is 0.611. The first-order chi connectivity index (χ1) is 11.8. The van der Waals surface area contributed by atoms with E-state index in [1.807, 2.05) is 13.1 Å². The summed E-state index contributed by atoms with van der Waals surface area (Å²) >= 11 is 0. The van der Waals surface area contributed by atoms with Gasteiger partial charge < -0.3 is 9.84 Å². The van der Waals surface area contributed by atoms with Crippen LogP contribution in [0.5, 0.6) is 0 Å². The standard InChI is InChI=1S/C18H27N5O2/c1-11-9-16(22-25-11)21-17(24)12(2)20-14-7-6-8-15-13(14)10-19-23(15)18(3,4)5/h9-10,12,14,20H,6-8H2,1-5H3,(H,21,22,24). The Kier molecular flexibility index (Phi) is 4.69. The molecule has 2 unspecified atom stereocenters. The van der Waals surface area contributed by atoms with Gasteiger partial charge in [-0.25, -0.2) is 0 Å². The van der Waals surface area contributed by atoms with E-state index in [4.69, 9.17) is 4.52 Å². The number of nitrogens with one attached hydrogen (secondary N) is 2. The first kappa shape index (κ1) is 17.7. The lowest BCUT2D eigenvalue weighted by Crippen LogP contribution is -2.41. The minimum atomic E-state index is -0.342. The second-order valence-electron chi connectivity index (χ2n) is 7.77. The fourth-order valence-corrected chi connectivity index (χ4v) is 3.35. The third-order valence-electron chi connectivity index (χ3n) is 4.54. The Bertz CT molecular complexity index is 756. The first-order valence-electron chi connectivity index (χ1n) is 8.83. The van der Waals surface area contributed by atoms with Crippen LogP contribution >= 0.6 is 0 Å². The number of carbonyl (C=O) groups excluding carboxylic acids is 1. The Labute approximate surface area is 148 Å². The minimum Gasteiger partial charge on any atom is -0.360 e. The van der Waals surface area contributed by atoms with Crippen molar-refractivity contribution >= 4 is 11.7 Å². The molecule has 1 aliphatic rings. The molecule has 0 bridgehead atoms. The third kappa shape index (κ3) is 3.76. The fourth-order valence-electron chi connectivity index (χ4n) is 3.35. The number of aromatic nitrogens is 3. The average Bonchev–Trinajstić information content (AvgIpc) is 3.13. The van der Waals surface area contributed by atoms with Crippen molar-refractivity contribution in [3.63, 3.8) is 0 Å². The highest BCUT2D eigenvalue weighted by Crippen LogP contribution is 2.32. The van der Waals surface area contributed by atoms with Gasteiger partial charge in [0.25, 0.3) is 0 Å². The predicted molar refractivity (Wildman–Crippen MR) is 95.4 cm³/mol. The highest BCUT2D eigenvalue weighted by Gasteiger charge is 2.29. The van der Waals surface area contributed by atoms with Crippen LogP contribution < -0.4 is 10.6 Å². The summed E-state index contributed by atoms with van der Waals surface area (Å²) in [6.45, 7) is 10.1. The van der Waals surface area contributed by atoms with Gasteiger partial charge in [0, 0.05) is 23.4 Å². The summed E-state index contributed by atoms with van der Waals surface area (Å²) in [7, 11) is 0. The van der Waals surface area contributed by atoms with E-state index in [1.165, 1.54) is 11.3 Å². The zero-order chi connectivity index (χ0) is 18.2. The molecule has 2 atom stereocenters. The largest absolute Gasteiger partial charge is 0.360 e. The van der Waals surface area contributed by atoms with Crippen molar-refractivity contribution in [3.8, 4) is 0 Å². The molecule has 1 aliphatic carbocycles. The van der Waals surface area contributed by atoms with Gasteiger partial charge >= 0.3 is 0 Å². The maximum Gasteiger partial charge on any atom is 0.242 e. The normalized spacial score (nSPS) is 18.7. The number of anilines is 1. The SMILES string of the molecule is Cc1cc(NC(=O)C(C)NC2CCCc3c2cnn3C(C)(C)C)no1. The summed E-state index contributed by atoms with van der Waals surface area (Å²) in [4.78, 5) is 12.4. The van der Waals surface area contributed by atoms with Crippen LogP contribution in [0, 0.1) is 6.92 Å². The van der Waals surface area contributed by atoms with Gasteiger partial charge in [-0.1, -0.05) is 5.16 Å². The van der Waals surface area contributed by atoms with Crippen molar-refractivity contribution in [2.45, 2.75) is 71.5 Å². The van der Waals surface area contributed by atoms with Crippen LogP contribution in [0.3, 0.4) is 0 Å². The monoisotopic (exact) mass is 345 g/mol.